The van der Waals surface area contributed by atoms with Crippen LogP contribution in [0.15, 0.2) is 22.8 Å². The number of halogens is 1. The first kappa shape index (κ1) is 8.65. The number of nitrogens with zero attached hydrogens (tertiary/aromatic N) is 3. The molecule has 0 aliphatic rings. The van der Waals surface area contributed by atoms with E-state index in [1.807, 2.05) is 25.3 Å². The van der Waals surface area contributed by atoms with E-state index < -0.39 is 0 Å². The molecule has 0 fully saturated rings. The first-order valence-electron chi connectivity index (χ1n) is 3.94. The molecule has 13 heavy (non-hydrogen) atoms. The van der Waals surface area contributed by atoms with Crippen LogP contribution in [-0.4, -0.2) is 14.6 Å². The van der Waals surface area contributed by atoms with Gasteiger partial charge >= 0.3 is 0 Å². The molecule has 4 nitrogen and oxygen atoms in total. The van der Waals surface area contributed by atoms with Gasteiger partial charge in [-0.05, 0) is 35.0 Å². The summed E-state index contributed by atoms with van der Waals surface area (Å²) < 4.78 is 2.68. The normalized spacial score (nSPS) is 13.5. The topological polar surface area (TPSA) is 56.2 Å². The zero-order chi connectivity index (χ0) is 9.42. The number of rotatable bonds is 1. The minimum Gasteiger partial charge on any atom is -0.321 e. The Hall–Kier alpha value is -0.940. The molecular weight excluding hydrogens is 232 g/mol. The lowest BCUT2D eigenvalue weighted by atomic mass is 10.3. The zero-order valence-corrected chi connectivity index (χ0v) is 8.69. The highest BCUT2D eigenvalue weighted by molar-refractivity contribution is 9.10. The Bertz CT molecular complexity index is 435. The van der Waals surface area contributed by atoms with E-state index in [2.05, 4.69) is 26.0 Å². The Kier molecular flexibility index (Phi) is 2.05. The summed E-state index contributed by atoms with van der Waals surface area (Å²) in [5.41, 5.74) is 6.48. The minimum absolute atomic E-state index is 0.126. The van der Waals surface area contributed by atoms with E-state index in [-0.39, 0.29) is 6.04 Å². The third-order valence-electron chi connectivity index (χ3n) is 1.72. The van der Waals surface area contributed by atoms with Crippen molar-refractivity contribution in [3.8, 4) is 0 Å². The molecule has 0 aliphatic carbocycles. The molecule has 0 radical (unpaired) electrons. The molecule has 0 saturated heterocycles. The predicted molar refractivity (Wildman–Crippen MR) is 53.3 cm³/mol. The van der Waals surface area contributed by atoms with Gasteiger partial charge in [-0.15, -0.1) is 5.10 Å². The number of hydrogen-bond acceptors (Lipinski definition) is 3. The number of pyridine rings is 1. The van der Waals surface area contributed by atoms with Crippen molar-refractivity contribution in [2.75, 3.05) is 0 Å². The first-order chi connectivity index (χ1) is 6.16. The van der Waals surface area contributed by atoms with Gasteiger partial charge in [0.15, 0.2) is 11.5 Å². The van der Waals surface area contributed by atoms with Crippen LogP contribution in [0, 0.1) is 0 Å². The van der Waals surface area contributed by atoms with Crippen LogP contribution in [0.25, 0.3) is 5.65 Å². The van der Waals surface area contributed by atoms with Crippen molar-refractivity contribution in [1.29, 1.82) is 0 Å². The molecule has 0 aliphatic heterocycles. The number of aromatic nitrogens is 3. The van der Waals surface area contributed by atoms with Crippen LogP contribution in [0.5, 0.6) is 0 Å². The van der Waals surface area contributed by atoms with Gasteiger partial charge in [-0.3, -0.25) is 0 Å². The molecule has 2 N–H and O–H groups in total. The molecule has 2 aromatic rings. The smallest absolute Gasteiger partial charge is 0.168 e. The van der Waals surface area contributed by atoms with E-state index in [4.69, 9.17) is 5.73 Å². The number of nitrogens with two attached hydrogens (primary N) is 1. The summed E-state index contributed by atoms with van der Waals surface area (Å²) in [4.78, 5) is 4.26. The summed E-state index contributed by atoms with van der Waals surface area (Å²) in [7, 11) is 0. The van der Waals surface area contributed by atoms with Crippen molar-refractivity contribution >= 4 is 21.6 Å². The number of hydrogen-bond donors (Lipinski definition) is 1. The Balaban J connectivity index is 2.62. The van der Waals surface area contributed by atoms with Gasteiger partial charge in [0.2, 0.25) is 0 Å². The van der Waals surface area contributed by atoms with Crippen LogP contribution in [0.4, 0.5) is 0 Å². The lowest BCUT2D eigenvalue weighted by molar-refractivity contribution is 0.733. The fourth-order valence-corrected chi connectivity index (χ4v) is 1.39. The molecule has 2 aromatic heterocycles. The van der Waals surface area contributed by atoms with E-state index in [9.17, 15) is 0 Å². The molecule has 5 heteroatoms. The molecule has 2 heterocycles. The van der Waals surface area contributed by atoms with Crippen LogP contribution in [0.2, 0.25) is 0 Å². The second kappa shape index (κ2) is 3.08. The van der Waals surface area contributed by atoms with Crippen LogP contribution < -0.4 is 5.73 Å². The van der Waals surface area contributed by atoms with Crippen molar-refractivity contribution in [1.82, 2.24) is 14.6 Å². The Labute approximate surface area is 83.9 Å². The molecule has 1 unspecified atom stereocenters. The van der Waals surface area contributed by atoms with Gasteiger partial charge in [0.1, 0.15) is 0 Å². The van der Waals surface area contributed by atoms with Crippen molar-refractivity contribution < 1.29 is 0 Å². The average Bonchev–Trinajstić information content (AvgIpc) is 2.46. The molecule has 0 aromatic carbocycles. The third kappa shape index (κ3) is 1.57. The van der Waals surface area contributed by atoms with Gasteiger partial charge in [-0.1, -0.05) is 0 Å². The minimum atomic E-state index is -0.126. The molecule has 68 valence electrons. The van der Waals surface area contributed by atoms with Crippen LogP contribution in [0.1, 0.15) is 18.8 Å². The monoisotopic (exact) mass is 240 g/mol. The maximum atomic E-state index is 5.67. The van der Waals surface area contributed by atoms with Gasteiger partial charge in [0.05, 0.1) is 6.04 Å². The highest BCUT2D eigenvalue weighted by atomic mass is 79.9. The first-order valence-corrected chi connectivity index (χ1v) is 4.73. The summed E-state index contributed by atoms with van der Waals surface area (Å²) in [5.74, 6) is 0.665. The lowest BCUT2D eigenvalue weighted by Gasteiger charge is -1.93. The summed E-state index contributed by atoms with van der Waals surface area (Å²) >= 11 is 3.36. The molecule has 0 bridgehead atoms. The van der Waals surface area contributed by atoms with Gasteiger partial charge in [-0.2, -0.15) is 0 Å². The summed E-state index contributed by atoms with van der Waals surface area (Å²) in [6.07, 6.45) is 1.86. The second-order valence-electron chi connectivity index (χ2n) is 2.91. The summed E-state index contributed by atoms with van der Waals surface area (Å²) in [6.45, 7) is 1.86. The van der Waals surface area contributed by atoms with E-state index in [1.165, 1.54) is 0 Å². The maximum Gasteiger partial charge on any atom is 0.168 e. The molecule has 1 atom stereocenters. The molecule has 0 spiro atoms. The summed E-state index contributed by atoms with van der Waals surface area (Å²) in [5, 5.41) is 4.22. The van der Waals surface area contributed by atoms with Gasteiger partial charge in [-0.25, -0.2) is 9.50 Å². The Morgan fingerprint density at radius 2 is 2.31 bits per heavy atom. The Morgan fingerprint density at radius 1 is 1.54 bits per heavy atom. The number of fused-ring (bicyclic) bond motifs is 1. The zero-order valence-electron chi connectivity index (χ0n) is 7.11. The van der Waals surface area contributed by atoms with E-state index in [1.54, 1.807) is 4.52 Å². The maximum absolute atomic E-state index is 5.67. The van der Waals surface area contributed by atoms with Crippen molar-refractivity contribution in [3.63, 3.8) is 0 Å². The largest absolute Gasteiger partial charge is 0.321 e. The van der Waals surface area contributed by atoms with Crippen molar-refractivity contribution in [2.24, 2.45) is 5.73 Å². The van der Waals surface area contributed by atoms with E-state index in [0.717, 1.165) is 10.1 Å². The second-order valence-corrected chi connectivity index (χ2v) is 3.82. The average molecular weight is 241 g/mol. The van der Waals surface area contributed by atoms with Gasteiger partial charge < -0.3 is 5.73 Å². The predicted octanol–water partition coefficient (Wildman–Crippen LogP) is 1.51. The van der Waals surface area contributed by atoms with Gasteiger partial charge in [0.25, 0.3) is 0 Å². The summed E-state index contributed by atoms with van der Waals surface area (Å²) in [6, 6.07) is 3.69. The van der Waals surface area contributed by atoms with E-state index >= 15 is 0 Å². The van der Waals surface area contributed by atoms with Gasteiger partial charge in [0, 0.05) is 10.7 Å². The molecular formula is C8H9BrN4. The van der Waals surface area contributed by atoms with Crippen LogP contribution >= 0.6 is 15.9 Å². The quantitative estimate of drug-likeness (QED) is 0.823. The fourth-order valence-electron chi connectivity index (χ4n) is 1.07. The third-order valence-corrected chi connectivity index (χ3v) is 2.19. The fraction of sp³-hybridized carbons (Fsp3) is 0.250. The molecule has 2 rings (SSSR count). The van der Waals surface area contributed by atoms with Crippen molar-refractivity contribution in [2.45, 2.75) is 13.0 Å². The highest BCUT2D eigenvalue weighted by Gasteiger charge is 2.06. The lowest BCUT2D eigenvalue weighted by Crippen LogP contribution is -2.07. The SMILES string of the molecule is CC(N)c1nc2ccc(Br)cn2n1. The molecule has 0 amide bonds. The highest BCUT2D eigenvalue weighted by Crippen LogP contribution is 2.12. The van der Waals surface area contributed by atoms with Crippen molar-refractivity contribution in [3.05, 3.63) is 28.6 Å². The van der Waals surface area contributed by atoms with Crippen LogP contribution in [-0.2, 0) is 0 Å². The Morgan fingerprint density at radius 3 is 3.00 bits per heavy atom. The molecule has 0 saturated carbocycles. The standard InChI is InChI=1S/C8H9BrN4/c1-5(10)8-11-7-3-2-6(9)4-13(7)12-8/h2-5H,10H2,1H3. The van der Waals surface area contributed by atoms with E-state index in [0.29, 0.717) is 5.82 Å². The van der Waals surface area contributed by atoms with Crippen LogP contribution in [0.3, 0.4) is 0 Å².